The summed E-state index contributed by atoms with van der Waals surface area (Å²) in [4.78, 5) is 22.2. The predicted molar refractivity (Wildman–Crippen MR) is 64.8 cm³/mol. The van der Waals surface area contributed by atoms with Crippen molar-refractivity contribution in [2.45, 2.75) is 12.5 Å². The average molecular weight is 270 g/mol. The number of hydrogen-bond donors (Lipinski definition) is 3. The van der Waals surface area contributed by atoms with Gasteiger partial charge in [-0.3, -0.25) is 0 Å². The first-order valence-corrected chi connectivity index (χ1v) is 5.29. The summed E-state index contributed by atoms with van der Waals surface area (Å²) < 4.78 is 25.7. The van der Waals surface area contributed by atoms with Crippen LogP contribution in [-0.2, 0) is 4.79 Å². The van der Waals surface area contributed by atoms with Crippen molar-refractivity contribution in [3.8, 4) is 0 Å². The molecule has 2 amide bonds. The molecule has 0 aliphatic carbocycles. The van der Waals surface area contributed by atoms with Crippen LogP contribution in [0.1, 0.15) is 6.42 Å². The monoisotopic (exact) mass is 270 g/mol. The highest BCUT2D eigenvalue weighted by molar-refractivity contribution is 5.92. The molecule has 102 valence electrons. The fourth-order valence-electron chi connectivity index (χ4n) is 1.34. The molecule has 0 aliphatic heterocycles. The average Bonchev–Trinajstić information content (AvgIpc) is 2.26. The van der Waals surface area contributed by atoms with Crippen LogP contribution in [0.5, 0.6) is 0 Å². The Balaban J connectivity index is 2.68. The zero-order chi connectivity index (χ0) is 14.4. The maximum atomic E-state index is 12.9. The maximum Gasteiger partial charge on any atom is 0.326 e. The number of carbonyl (C=O) groups is 2. The summed E-state index contributed by atoms with van der Waals surface area (Å²) in [5, 5.41) is 13.1. The van der Waals surface area contributed by atoms with E-state index in [1.807, 2.05) is 0 Å². The van der Waals surface area contributed by atoms with Crippen LogP contribution in [0.25, 0.3) is 0 Å². The highest BCUT2D eigenvalue weighted by atomic mass is 19.1. The number of urea groups is 1. The summed E-state index contributed by atoms with van der Waals surface area (Å²) in [5.74, 6) is -2.94. The van der Waals surface area contributed by atoms with Crippen molar-refractivity contribution in [3.63, 3.8) is 0 Å². The summed E-state index contributed by atoms with van der Waals surface area (Å²) in [6.07, 6.45) is 1.36. The third-order valence-corrected chi connectivity index (χ3v) is 2.13. The summed E-state index contributed by atoms with van der Waals surface area (Å²) in [7, 11) is 0. The van der Waals surface area contributed by atoms with E-state index in [4.69, 9.17) is 5.11 Å². The second-order valence-corrected chi connectivity index (χ2v) is 3.67. The third kappa shape index (κ3) is 4.74. The van der Waals surface area contributed by atoms with Gasteiger partial charge in [-0.05, 0) is 18.6 Å². The van der Waals surface area contributed by atoms with Crippen LogP contribution in [0.3, 0.4) is 0 Å². The Morgan fingerprint density at radius 3 is 2.37 bits per heavy atom. The van der Waals surface area contributed by atoms with Gasteiger partial charge < -0.3 is 15.7 Å². The molecule has 0 spiro atoms. The molecule has 0 bridgehead atoms. The van der Waals surface area contributed by atoms with Gasteiger partial charge in [0.25, 0.3) is 0 Å². The van der Waals surface area contributed by atoms with E-state index in [9.17, 15) is 18.4 Å². The predicted octanol–water partition coefficient (Wildman–Crippen LogP) is 2.12. The molecule has 0 saturated heterocycles. The second kappa shape index (κ2) is 6.48. The standard InChI is InChI=1S/C12H12F2N2O3/c1-2-3-10(11(17)18)16-12(19)15-9-5-7(13)4-8(14)6-9/h2,4-6,10H,1,3H2,(H,17,18)(H2,15,16,19). The summed E-state index contributed by atoms with van der Waals surface area (Å²) >= 11 is 0. The van der Waals surface area contributed by atoms with E-state index >= 15 is 0 Å². The van der Waals surface area contributed by atoms with Crippen LogP contribution in [0.2, 0.25) is 0 Å². The molecule has 0 radical (unpaired) electrons. The van der Waals surface area contributed by atoms with E-state index < -0.39 is 29.7 Å². The number of aliphatic carboxylic acids is 1. The minimum Gasteiger partial charge on any atom is -0.480 e. The highest BCUT2D eigenvalue weighted by Crippen LogP contribution is 2.12. The van der Waals surface area contributed by atoms with Gasteiger partial charge in [0.2, 0.25) is 0 Å². The Hall–Kier alpha value is -2.44. The molecule has 0 aromatic heterocycles. The van der Waals surface area contributed by atoms with Gasteiger partial charge in [0.15, 0.2) is 0 Å². The first-order chi connectivity index (χ1) is 8.92. The lowest BCUT2D eigenvalue weighted by Crippen LogP contribution is -2.42. The van der Waals surface area contributed by atoms with Crippen LogP contribution in [0.15, 0.2) is 30.9 Å². The number of halogens is 2. The number of rotatable bonds is 5. The Labute approximate surface area is 107 Å². The molecule has 19 heavy (non-hydrogen) atoms. The fourth-order valence-corrected chi connectivity index (χ4v) is 1.34. The van der Waals surface area contributed by atoms with Gasteiger partial charge in [-0.15, -0.1) is 6.58 Å². The molecule has 5 nitrogen and oxygen atoms in total. The van der Waals surface area contributed by atoms with E-state index in [0.29, 0.717) is 6.07 Å². The number of amides is 2. The molecule has 0 saturated carbocycles. The van der Waals surface area contributed by atoms with Gasteiger partial charge in [-0.2, -0.15) is 0 Å². The molecule has 3 N–H and O–H groups in total. The van der Waals surface area contributed by atoms with Crippen LogP contribution in [0.4, 0.5) is 19.3 Å². The topological polar surface area (TPSA) is 78.4 Å². The molecule has 0 fully saturated rings. The first-order valence-electron chi connectivity index (χ1n) is 5.29. The molecule has 0 aliphatic rings. The molecule has 1 aromatic rings. The number of carbonyl (C=O) groups excluding carboxylic acids is 1. The molecule has 7 heteroatoms. The van der Waals surface area contributed by atoms with E-state index in [0.717, 1.165) is 12.1 Å². The molecule has 1 aromatic carbocycles. The van der Waals surface area contributed by atoms with Crippen molar-refractivity contribution in [1.29, 1.82) is 0 Å². The van der Waals surface area contributed by atoms with E-state index in [2.05, 4.69) is 17.2 Å². The quantitative estimate of drug-likeness (QED) is 0.717. The van der Waals surface area contributed by atoms with Gasteiger partial charge in [-0.25, -0.2) is 18.4 Å². The number of carboxylic acid groups (broad SMARTS) is 1. The number of nitrogens with one attached hydrogen (secondary N) is 2. The number of benzene rings is 1. The largest absolute Gasteiger partial charge is 0.480 e. The smallest absolute Gasteiger partial charge is 0.326 e. The van der Waals surface area contributed by atoms with Crippen LogP contribution < -0.4 is 10.6 Å². The van der Waals surface area contributed by atoms with Crippen molar-refractivity contribution in [2.24, 2.45) is 0 Å². The van der Waals surface area contributed by atoms with Crippen molar-refractivity contribution >= 4 is 17.7 Å². The van der Waals surface area contributed by atoms with Crippen molar-refractivity contribution < 1.29 is 23.5 Å². The van der Waals surface area contributed by atoms with E-state index in [-0.39, 0.29) is 12.1 Å². The van der Waals surface area contributed by atoms with E-state index in [1.54, 1.807) is 0 Å². The minimum absolute atomic E-state index is 0.0280. The second-order valence-electron chi connectivity index (χ2n) is 3.67. The lowest BCUT2D eigenvalue weighted by molar-refractivity contribution is -0.139. The third-order valence-electron chi connectivity index (χ3n) is 2.13. The normalized spacial score (nSPS) is 11.5. The summed E-state index contributed by atoms with van der Waals surface area (Å²) in [6.45, 7) is 3.36. The Morgan fingerprint density at radius 1 is 1.32 bits per heavy atom. The van der Waals surface area contributed by atoms with Gasteiger partial charge in [0, 0.05) is 11.8 Å². The Morgan fingerprint density at radius 2 is 1.89 bits per heavy atom. The van der Waals surface area contributed by atoms with Crippen molar-refractivity contribution in [3.05, 3.63) is 42.5 Å². The zero-order valence-electron chi connectivity index (χ0n) is 9.82. The highest BCUT2D eigenvalue weighted by Gasteiger charge is 2.18. The van der Waals surface area contributed by atoms with Gasteiger partial charge >= 0.3 is 12.0 Å². The van der Waals surface area contributed by atoms with Gasteiger partial charge in [-0.1, -0.05) is 6.08 Å². The SMILES string of the molecule is C=CCC(NC(=O)Nc1cc(F)cc(F)c1)C(=O)O. The summed E-state index contributed by atoms with van der Waals surface area (Å²) in [6, 6.07) is 0.439. The van der Waals surface area contributed by atoms with Crippen molar-refractivity contribution in [2.75, 3.05) is 5.32 Å². The minimum atomic E-state index is -1.24. The zero-order valence-corrected chi connectivity index (χ0v) is 9.82. The molecular weight excluding hydrogens is 258 g/mol. The molecule has 1 rings (SSSR count). The first kappa shape index (κ1) is 14.6. The number of hydrogen-bond acceptors (Lipinski definition) is 2. The number of carboxylic acids is 1. The van der Waals surface area contributed by atoms with Crippen LogP contribution in [-0.4, -0.2) is 23.1 Å². The van der Waals surface area contributed by atoms with Gasteiger partial charge in [0.1, 0.15) is 17.7 Å². The maximum absolute atomic E-state index is 12.9. The molecule has 1 unspecified atom stereocenters. The Kier molecular flexibility index (Phi) is 4.99. The van der Waals surface area contributed by atoms with Gasteiger partial charge in [0.05, 0.1) is 0 Å². The van der Waals surface area contributed by atoms with E-state index in [1.165, 1.54) is 6.08 Å². The van der Waals surface area contributed by atoms with Crippen LogP contribution >= 0.6 is 0 Å². The summed E-state index contributed by atoms with van der Waals surface area (Å²) in [5.41, 5.74) is -0.113. The van der Waals surface area contributed by atoms with Crippen molar-refractivity contribution in [1.82, 2.24) is 5.32 Å². The molecule has 0 heterocycles. The molecular formula is C12H12F2N2O3. The molecule has 1 atom stereocenters. The Bertz CT molecular complexity index is 485. The lowest BCUT2D eigenvalue weighted by atomic mass is 10.2. The van der Waals surface area contributed by atoms with Crippen LogP contribution in [0, 0.1) is 11.6 Å². The fraction of sp³-hybridized carbons (Fsp3) is 0.167. The number of anilines is 1. The lowest BCUT2D eigenvalue weighted by Gasteiger charge is -2.13.